The number of nitrogens with one attached hydrogen (secondary N) is 1. The summed E-state index contributed by atoms with van der Waals surface area (Å²) >= 11 is 5.62. The molecule has 88 valence electrons. The predicted octanol–water partition coefficient (Wildman–Crippen LogP) is 2.45. The highest BCUT2D eigenvalue weighted by Crippen LogP contribution is 2.45. The molecule has 2 saturated carbocycles. The average molecular weight is 242 g/mol. The molecule has 3 rings (SSSR count). The second kappa shape index (κ2) is 4.24. The molecule has 3 atom stereocenters. The number of hydrogen-bond acceptors (Lipinski definition) is 4. The Morgan fingerprint density at radius 3 is 2.94 bits per heavy atom. The second-order valence-electron chi connectivity index (χ2n) is 4.87. The molecule has 4 nitrogen and oxygen atoms in total. The number of rotatable bonds is 4. The lowest BCUT2D eigenvalue weighted by Gasteiger charge is -2.21. The van der Waals surface area contributed by atoms with Crippen LogP contribution in [-0.4, -0.2) is 22.1 Å². The minimum atomic E-state index is 0.524. The quantitative estimate of drug-likeness (QED) is 0.823. The predicted molar refractivity (Wildman–Crippen MR) is 61.6 cm³/mol. The van der Waals surface area contributed by atoms with Gasteiger partial charge < -0.3 is 9.73 Å². The van der Waals surface area contributed by atoms with E-state index in [2.05, 4.69) is 15.5 Å². The van der Waals surface area contributed by atoms with Crippen LogP contribution < -0.4 is 5.32 Å². The molecule has 0 aromatic carbocycles. The zero-order valence-corrected chi connectivity index (χ0v) is 9.91. The molecule has 0 radical (unpaired) electrons. The molecule has 0 saturated heterocycles. The van der Waals surface area contributed by atoms with Crippen molar-refractivity contribution in [1.29, 1.82) is 0 Å². The zero-order chi connectivity index (χ0) is 11.0. The molecule has 2 bridgehead atoms. The third kappa shape index (κ3) is 1.90. The molecule has 1 heterocycles. The number of alkyl halides is 1. The van der Waals surface area contributed by atoms with E-state index in [0.717, 1.165) is 11.8 Å². The maximum atomic E-state index is 5.62. The van der Waals surface area contributed by atoms with E-state index in [1.807, 2.05) is 0 Å². The summed E-state index contributed by atoms with van der Waals surface area (Å²) in [5, 5.41) is 11.3. The van der Waals surface area contributed by atoms with Gasteiger partial charge in [-0.25, -0.2) is 0 Å². The first kappa shape index (κ1) is 10.4. The van der Waals surface area contributed by atoms with Gasteiger partial charge in [0, 0.05) is 18.3 Å². The molecule has 0 amide bonds. The molecular formula is C11H16ClN3O. The SMILES string of the molecule is ClCCc1nnc(NC2CC3CCC2C3)o1. The highest BCUT2D eigenvalue weighted by Gasteiger charge is 2.39. The van der Waals surface area contributed by atoms with Gasteiger partial charge in [-0.2, -0.15) is 0 Å². The highest BCUT2D eigenvalue weighted by molar-refractivity contribution is 6.17. The van der Waals surface area contributed by atoms with E-state index >= 15 is 0 Å². The fraction of sp³-hybridized carbons (Fsp3) is 0.818. The van der Waals surface area contributed by atoms with E-state index in [1.54, 1.807) is 0 Å². The summed E-state index contributed by atoms with van der Waals surface area (Å²) in [6, 6.07) is 1.11. The molecule has 1 aromatic rings. The van der Waals surface area contributed by atoms with Crippen molar-refractivity contribution in [3.8, 4) is 0 Å². The molecule has 3 unspecified atom stereocenters. The summed E-state index contributed by atoms with van der Waals surface area (Å²) in [5.41, 5.74) is 0. The molecule has 2 fully saturated rings. The van der Waals surface area contributed by atoms with Crippen LogP contribution in [0, 0.1) is 11.8 Å². The lowest BCUT2D eigenvalue weighted by Crippen LogP contribution is -2.25. The number of halogens is 1. The molecule has 0 spiro atoms. The lowest BCUT2D eigenvalue weighted by atomic mass is 9.96. The van der Waals surface area contributed by atoms with Crippen molar-refractivity contribution >= 4 is 17.6 Å². The Balaban J connectivity index is 1.61. The molecule has 0 aliphatic heterocycles. The number of nitrogens with zero attached hydrogens (tertiary/aromatic N) is 2. The van der Waals surface area contributed by atoms with Crippen LogP contribution in [0.4, 0.5) is 6.01 Å². The molecule has 1 aromatic heterocycles. The van der Waals surface area contributed by atoms with Gasteiger partial charge in [0.2, 0.25) is 5.89 Å². The Kier molecular flexibility index (Phi) is 2.75. The van der Waals surface area contributed by atoms with Crippen molar-refractivity contribution in [2.75, 3.05) is 11.2 Å². The Hall–Kier alpha value is -0.770. The molecular weight excluding hydrogens is 226 g/mol. The van der Waals surface area contributed by atoms with Crippen molar-refractivity contribution < 1.29 is 4.42 Å². The first-order valence-electron chi connectivity index (χ1n) is 6.00. The van der Waals surface area contributed by atoms with Crippen molar-refractivity contribution in [1.82, 2.24) is 10.2 Å². The Morgan fingerprint density at radius 1 is 1.31 bits per heavy atom. The Labute approximate surface area is 99.8 Å². The zero-order valence-electron chi connectivity index (χ0n) is 9.16. The van der Waals surface area contributed by atoms with Gasteiger partial charge in [-0.3, -0.25) is 0 Å². The van der Waals surface area contributed by atoms with Crippen LogP contribution in [0.3, 0.4) is 0 Å². The van der Waals surface area contributed by atoms with Gasteiger partial charge in [0.05, 0.1) is 0 Å². The van der Waals surface area contributed by atoms with E-state index in [-0.39, 0.29) is 0 Å². The molecule has 16 heavy (non-hydrogen) atoms. The average Bonchev–Trinajstić information content (AvgIpc) is 2.95. The number of aromatic nitrogens is 2. The monoisotopic (exact) mass is 241 g/mol. The lowest BCUT2D eigenvalue weighted by molar-refractivity contribution is 0.423. The molecule has 2 aliphatic carbocycles. The van der Waals surface area contributed by atoms with Crippen LogP contribution in [0.2, 0.25) is 0 Å². The highest BCUT2D eigenvalue weighted by atomic mass is 35.5. The van der Waals surface area contributed by atoms with Crippen molar-refractivity contribution in [3.05, 3.63) is 5.89 Å². The maximum Gasteiger partial charge on any atom is 0.315 e. The second-order valence-corrected chi connectivity index (χ2v) is 5.24. The van der Waals surface area contributed by atoms with Gasteiger partial charge in [-0.15, -0.1) is 16.7 Å². The minimum absolute atomic E-state index is 0.524. The van der Waals surface area contributed by atoms with Gasteiger partial charge in [-0.05, 0) is 31.1 Å². The normalized spacial score (nSPS) is 32.2. The van der Waals surface area contributed by atoms with Crippen LogP contribution in [-0.2, 0) is 6.42 Å². The van der Waals surface area contributed by atoms with Crippen LogP contribution in [0.25, 0.3) is 0 Å². The number of fused-ring (bicyclic) bond motifs is 2. The van der Waals surface area contributed by atoms with Crippen molar-refractivity contribution in [3.63, 3.8) is 0 Å². The Bertz CT molecular complexity index is 368. The summed E-state index contributed by atoms with van der Waals surface area (Å²) in [5.74, 6) is 2.89. The number of hydrogen-bond donors (Lipinski definition) is 1. The smallest absolute Gasteiger partial charge is 0.315 e. The molecule has 1 N–H and O–H groups in total. The van der Waals surface area contributed by atoms with E-state index in [9.17, 15) is 0 Å². The summed E-state index contributed by atoms with van der Waals surface area (Å²) in [4.78, 5) is 0. The van der Waals surface area contributed by atoms with Crippen LogP contribution in [0.5, 0.6) is 0 Å². The molecule has 5 heteroatoms. The van der Waals surface area contributed by atoms with Gasteiger partial charge >= 0.3 is 6.01 Å². The third-order valence-electron chi connectivity index (χ3n) is 3.82. The Morgan fingerprint density at radius 2 is 2.25 bits per heavy atom. The maximum absolute atomic E-state index is 5.62. The van der Waals surface area contributed by atoms with E-state index in [4.69, 9.17) is 16.0 Å². The van der Waals surface area contributed by atoms with E-state index in [0.29, 0.717) is 30.2 Å². The van der Waals surface area contributed by atoms with Gasteiger partial charge in [0.25, 0.3) is 0 Å². The number of aryl methyl sites for hydroxylation is 1. The van der Waals surface area contributed by atoms with E-state index in [1.165, 1.54) is 25.7 Å². The van der Waals surface area contributed by atoms with Crippen LogP contribution in [0.1, 0.15) is 31.6 Å². The topological polar surface area (TPSA) is 51.0 Å². The van der Waals surface area contributed by atoms with Gasteiger partial charge in [0.15, 0.2) is 0 Å². The van der Waals surface area contributed by atoms with Gasteiger partial charge in [0.1, 0.15) is 0 Å². The minimum Gasteiger partial charge on any atom is -0.408 e. The fourth-order valence-electron chi connectivity index (χ4n) is 3.07. The van der Waals surface area contributed by atoms with E-state index < -0.39 is 0 Å². The van der Waals surface area contributed by atoms with Crippen molar-refractivity contribution in [2.45, 2.75) is 38.1 Å². The first-order valence-corrected chi connectivity index (χ1v) is 6.53. The van der Waals surface area contributed by atoms with Crippen LogP contribution in [0.15, 0.2) is 4.42 Å². The molecule has 2 aliphatic rings. The van der Waals surface area contributed by atoms with Gasteiger partial charge in [-0.1, -0.05) is 11.5 Å². The summed E-state index contributed by atoms with van der Waals surface area (Å²) in [6.07, 6.45) is 6.04. The largest absolute Gasteiger partial charge is 0.408 e. The van der Waals surface area contributed by atoms with Crippen molar-refractivity contribution in [2.24, 2.45) is 11.8 Å². The summed E-state index contributed by atoms with van der Waals surface area (Å²) < 4.78 is 5.48. The third-order valence-corrected chi connectivity index (χ3v) is 4.01. The number of anilines is 1. The van der Waals surface area contributed by atoms with Crippen LogP contribution >= 0.6 is 11.6 Å². The summed E-state index contributed by atoms with van der Waals surface area (Å²) in [6.45, 7) is 0. The fourth-order valence-corrected chi connectivity index (χ4v) is 3.24. The standard InChI is InChI=1S/C11H16ClN3O/c12-4-3-10-14-15-11(16-10)13-9-6-7-1-2-8(9)5-7/h7-9H,1-6H2,(H,13,15). The summed E-state index contributed by atoms with van der Waals surface area (Å²) in [7, 11) is 0. The first-order chi connectivity index (χ1) is 7.85.